The molecule has 4 atom stereocenters. The molecule has 0 spiro atoms. The van der Waals surface area contributed by atoms with Gasteiger partial charge >= 0.3 is 11.9 Å². The van der Waals surface area contributed by atoms with E-state index in [1.165, 1.54) is 26.3 Å². The third kappa shape index (κ3) is 9.48. The molecule has 1 aromatic carbocycles. The van der Waals surface area contributed by atoms with Crippen LogP contribution in [-0.4, -0.2) is 80.9 Å². The minimum Gasteiger partial charge on any atom is -0.493 e. The number of benzene rings is 1. The molecule has 3 rings (SSSR count). The van der Waals surface area contributed by atoms with E-state index in [4.69, 9.17) is 44.8 Å². The highest BCUT2D eigenvalue weighted by Gasteiger charge is 2.37. The lowest BCUT2D eigenvalue weighted by Crippen LogP contribution is -2.48. The molecule has 12 nitrogen and oxygen atoms in total. The Hall–Kier alpha value is -3.61. The Labute approximate surface area is 243 Å². The molecule has 1 saturated heterocycles. The molecule has 1 amide bonds. The van der Waals surface area contributed by atoms with Gasteiger partial charge < -0.3 is 38.5 Å². The predicted molar refractivity (Wildman–Crippen MR) is 146 cm³/mol. The monoisotopic (exact) mass is 594 g/mol. The first-order chi connectivity index (χ1) is 19.6. The van der Waals surface area contributed by atoms with Crippen LogP contribution < -0.4 is 19.5 Å². The summed E-state index contributed by atoms with van der Waals surface area (Å²) in [6, 6.07) is 7.11. The number of methoxy groups -OCH3 is 1. The highest BCUT2D eigenvalue weighted by atomic mass is 35.5. The van der Waals surface area contributed by atoms with Crippen LogP contribution in [0.25, 0.3) is 0 Å². The Kier molecular flexibility index (Phi) is 12.0. The molecule has 0 aliphatic carbocycles. The van der Waals surface area contributed by atoms with E-state index in [1.54, 1.807) is 31.2 Å². The summed E-state index contributed by atoms with van der Waals surface area (Å²) in [5, 5.41) is 3.07. The lowest BCUT2D eigenvalue weighted by Gasteiger charge is -2.31. The number of aromatic nitrogens is 1. The molecule has 0 bridgehead atoms. The largest absolute Gasteiger partial charge is 0.493 e. The predicted octanol–water partition coefficient (Wildman–Crippen LogP) is 3.19. The van der Waals surface area contributed by atoms with Crippen molar-refractivity contribution in [2.24, 2.45) is 5.92 Å². The van der Waals surface area contributed by atoms with Crippen molar-refractivity contribution in [3.63, 3.8) is 0 Å². The first-order valence-electron chi connectivity index (χ1n) is 13.0. The molecule has 0 unspecified atom stereocenters. The van der Waals surface area contributed by atoms with Crippen LogP contribution in [0.3, 0.4) is 0 Å². The zero-order valence-electron chi connectivity index (χ0n) is 23.6. The lowest BCUT2D eigenvalue weighted by molar-refractivity contribution is -0.159. The highest BCUT2D eigenvalue weighted by Crippen LogP contribution is 2.30. The minimum atomic E-state index is -1.20. The van der Waals surface area contributed by atoms with Gasteiger partial charge in [0.05, 0.1) is 20.3 Å². The summed E-state index contributed by atoms with van der Waals surface area (Å²) in [6.07, 6.45) is -0.805. The van der Waals surface area contributed by atoms with E-state index in [2.05, 4.69) is 10.3 Å². The number of nitrogens with one attached hydrogen (secondary N) is 1. The second kappa shape index (κ2) is 15.4. The summed E-state index contributed by atoms with van der Waals surface area (Å²) in [5.74, 6) is -1.29. The van der Waals surface area contributed by atoms with Crippen LogP contribution in [-0.2, 0) is 28.5 Å². The van der Waals surface area contributed by atoms with Crippen LogP contribution in [0.4, 0.5) is 0 Å². The van der Waals surface area contributed by atoms with E-state index in [1.807, 2.05) is 13.8 Å². The average Bonchev–Trinajstić information content (AvgIpc) is 2.96. The number of carbonyl (C=O) groups is 3. The molecule has 0 radical (unpaired) electrons. The van der Waals surface area contributed by atoms with E-state index in [0.29, 0.717) is 17.4 Å². The van der Waals surface area contributed by atoms with Gasteiger partial charge in [0.1, 0.15) is 18.0 Å². The Balaban J connectivity index is 1.80. The molecular formula is C28H35ClN2O10. The third-order valence-corrected chi connectivity index (χ3v) is 6.00. The number of carbonyl (C=O) groups excluding carboxylic acids is 3. The molecule has 224 valence electrons. The van der Waals surface area contributed by atoms with Crippen molar-refractivity contribution < 1.29 is 47.5 Å². The van der Waals surface area contributed by atoms with Gasteiger partial charge in [-0.2, -0.15) is 0 Å². The third-order valence-electron chi connectivity index (χ3n) is 5.77. The average molecular weight is 595 g/mol. The molecular weight excluding hydrogens is 560 g/mol. The topological polar surface area (TPSA) is 141 Å². The molecule has 13 heteroatoms. The second-order valence-electron chi connectivity index (χ2n) is 9.60. The second-order valence-corrected chi connectivity index (χ2v) is 10.0. The maximum atomic E-state index is 13.2. The minimum absolute atomic E-state index is 0.0550. The summed E-state index contributed by atoms with van der Waals surface area (Å²) in [4.78, 5) is 41.7. The standard InChI is InChI=1S/C28H35ClN2O10/c1-16(2)12-37-23-14-36-13-21(28(34)40-17(3)25(23)41-20-8-6-7-19(29)11-20)31-27(33)24-26(39-15-38-18(4)32)22(35-5)9-10-30-24/h6-11,16-17,21,23,25H,12-15H2,1-5H3,(H,31,33)/t17-,21-,23-,25-/m0/s1. The van der Waals surface area contributed by atoms with Gasteiger partial charge in [-0.3, -0.25) is 9.59 Å². The SMILES string of the molecule is COc1ccnc(C(=O)N[C@H]2COC[C@H](OCC(C)C)[C@@H](Oc3cccc(Cl)c3)[C@H](C)OC2=O)c1OCOC(C)=O. The summed E-state index contributed by atoms with van der Waals surface area (Å²) in [7, 11) is 1.38. The maximum Gasteiger partial charge on any atom is 0.331 e. The van der Waals surface area contributed by atoms with Gasteiger partial charge in [0.15, 0.2) is 29.3 Å². The number of halogens is 1. The summed E-state index contributed by atoms with van der Waals surface area (Å²) in [5.41, 5.74) is -0.197. The Morgan fingerprint density at radius 1 is 1.22 bits per heavy atom. The Bertz CT molecular complexity index is 1190. The van der Waals surface area contributed by atoms with Crippen molar-refractivity contribution in [2.75, 3.05) is 33.7 Å². The number of hydrogen-bond donors (Lipinski definition) is 1. The molecule has 1 N–H and O–H groups in total. The zero-order chi connectivity index (χ0) is 29.9. The highest BCUT2D eigenvalue weighted by molar-refractivity contribution is 6.30. The van der Waals surface area contributed by atoms with Crippen molar-refractivity contribution in [2.45, 2.75) is 52.0 Å². The van der Waals surface area contributed by atoms with Crippen LogP contribution in [0.2, 0.25) is 5.02 Å². The number of ether oxygens (including phenoxy) is 7. The van der Waals surface area contributed by atoms with E-state index < -0.39 is 49.0 Å². The summed E-state index contributed by atoms with van der Waals surface area (Å²) < 4.78 is 39.4. The van der Waals surface area contributed by atoms with Crippen LogP contribution in [0, 0.1) is 5.92 Å². The van der Waals surface area contributed by atoms with E-state index in [-0.39, 0.29) is 36.3 Å². The number of amides is 1. The van der Waals surface area contributed by atoms with Crippen LogP contribution in [0.15, 0.2) is 36.5 Å². The van der Waals surface area contributed by atoms with Crippen molar-refractivity contribution in [3.05, 3.63) is 47.2 Å². The number of hydrogen-bond acceptors (Lipinski definition) is 11. The van der Waals surface area contributed by atoms with E-state index >= 15 is 0 Å². The summed E-state index contributed by atoms with van der Waals surface area (Å²) >= 11 is 6.13. The maximum absolute atomic E-state index is 13.2. The number of nitrogens with zero attached hydrogens (tertiary/aromatic N) is 1. The first kappa shape index (κ1) is 31.9. The fourth-order valence-corrected chi connectivity index (χ4v) is 4.00. The zero-order valence-corrected chi connectivity index (χ0v) is 24.3. The lowest BCUT2D eigenvalue weighted by atomic mass is 10.1. The number of cyclic esters (lactones) is 1. The molecule has 1 fully saturated rings. The van der Waals surface area contributed by atoms with Crippen molar-refractivity contribution in [3.8, 4) is 17.2 Å². The Morgan fingerprint density at radius 2 is 2.00 bits per heavy atom. The van der Waals surface area contributed by atoms with Gasteiger partial charge in [0.25, 0.3) is 5.91 Å². The molecule has 0 saturated carbocycles. The van der Waals surface area contributed by atoms with Crippen LogP contribution in [0.5, 0.6) is 17.2 Å². The quantitative estimate of drug-likeness (QED) is 0.303. The van der Waals surface area contributed by atoms with Crippen LogP contribution in [0.1, 0.15) is 38.2 Å². The number of esters is 2. The number of rotatable bonds is 11. The fourth-order valence-electron chi connectivity index (χ4n) is 3.82. The normalized spacial score (nSPS) is 21.1. The van der Waals surface area contributed by atoms with Crippen molar-refractivity contribution in [1.82, 2.24) is 10.3 Å². The smallest absolute Gasteiger partial charge is 0.331 e. The molecule has 1 aliphatic rings. The van der Waals surface area contributed by atoms with Gasteiger partial charge in [0.2, 0.25) is 6.79 Å². The van der Waals surface area contributed by atoms with E-state index in [9.17, 15) is 14.4 Å². The first-order valence-corrected chi connectivity index (χ1v) is 13.4. The fraction of sp³-hybridized carbons (Fsp3) is 0.500. The molecule has 2 heterocycles. The summed E-state index contributed by atoms with van der Waals surface area (Å²) in [6.45, 7) is 6.69. The molecule has 2 aromatic rings. The Morgan fingerprint density at radius 3 is 2.68 bits per heavy atom. The number of pyridine rings is 1. The molecule has 41 heavy (non-hydrogen) atoms. The molecule has 1 aromatic heterocycles. The van der Waals surface area contributed by atoms with Gasteiger partial charge in [-0.1, -0.05) is 31.5 Å². The van der Waals surface area contributed by atoms with Crippen molar-refractivity contribution >= 4 is 29.4 Å². The van der Waals surface area contributed by atoms with Gasteiger partial charge in [-0.25, -0.2) is 9.78 Å². The van der Waals surface area contributed by atoms with Gasteiger partial charge in [-0.15, -0.1) is 0 Å². The van der Waals surface area contributed by atoms with Gasteiger partial charge in [0, 0.05) is 30.8 Å². The van der Waals surface area contributed by atoms with E-state index in [0.717, 1.165) is 0 Å². The van der Waals surface area contributed by atoms with Crippen molar-refractivity contribution in [1.29, 1.82) is 0 Å². The van der Waals surface area contributed by atoms with Crippen LogP contribution >= 0.6 is 11.6 Å². The molecule has 1 aliphatic heterocycles. The van der Waals surface area contributed by atoms with Gasteiger partial charge in [-0.05, 0) is 31.0 Å².